The highest BCUT2D eigenvalue weighted by Gasteiger charge is 2.13. The molecule has 0 radical (unpaired) electrons. The van der Waals surface area contributed by atoms with Crippen LogP contribution in [0.5, 0.6) is 5.75 Å². The van der Waals surface area contributed by atoms with Crippen LogP contribution in [0.3, 0.4) is 0 Å². The third kappa shape index (κ3) is 4.53. The Morgan fingerprint density at radius 2 is 1.85 bits per heavy atom. The van der Waals surface area contributed by atoms with Crippen LogP contribution in [0.4, 0.5) is 0 Å². The van der Waals surface area contributed by atoms with E-state index in [9.17, 15) is 4.79 Å². The van der Waals surface area contributed by atoms with Gasteiger partial charge in [0, 0.05) is 12.1 Å². The number of carbonyl (C=O) groups is 1. The van der Waals surface area contributed by atoms with Crippen molar-refractivity contribution in [3.63, 3.8) is 0 Å². The zero-order valence-electron chi connectivity index (χ0n) is 14.3. The summed E-state index contributed by atoms with van der Waals surface area (Å²) in [5.41, 5.74) is 3.16. The fourth-order valence-corrected chi connectivity index (χ4v) is 3.44. The Hall–Kier alpha value is -3.03. The molecule has 3 nitrogen and oxygen atoms in total. The molecule has 4 heteroatoms. The van der Waals surface area contributed by atoms with Crippen LogP contribution in [-0.4, -0.2) is 19.1 Å². The minimum Gasteiger partial charge on any atom is -0.481 e. The van der Waals surface area contributed by atoms with E-state index >= 15 is 0 Å². The van der Waals surface area contributed by atoms with E-state index in [1.165, 1.54) is 11.3 Å². The van der Waals surface area contributed by atoms with Crippen molar-refractivity contribution < 1.29 is 9.53 Å². The first-order valence-electron chi connectivity index (χ1n) is 8.34. The normalized spacial score (nSPS) is 10.1. The molecule has 1 heterocycles. The fraction of sp³-hybridized carbons (Fsp3) is 0.136. The van der Waals surface area contributed by atoms with Crippen molar-refractivity contribution in [2.24, 2.45) is 0 Å². The molecule has 0 spiro atoms. The lowest BCUT2D eigenvalue weighted by Crippen LogP contribution is -2.25. The molecule has 0 saturated heterocycles. The van der Waals surface area contributed by atoms with Gasteiger partial charge in [0.15, 0.2) is 0 Å². The molecule has 1 N–H and O–H groups in total. The Bertz CT molecular complexity index is 892. The van der Waals surface area contributed by atoms with Crippen molar-refractivity contribution in [2.75, 3.05) is 13.2 Å². The SMILES string of the molecule is C#CCOc1ccc(CCNC(=O)c2sccc2-c2ccccc2)cc1. The summed E-state index contributed by atoms with van der Waals surface area (Å²) in [5, 5.41) is 4.96. The standard InChI is InChI=1S/C22H19NO2S/c1-2-15-25-19-10-8-17(9-11-19)12-14-23-22(24)21-20(13-16-26-21)18-6-4-3-5-7-18/h1,3-11,13,16H,12,14-15H2,(H,23,24). The van der Waals surface area contributed by atoms with Crippen molar-refractivity contribution in [3.05, 3.63) is 76.5 Å². The summed E-state index contributed by atoms with van der Waals surface area (Å²) >= 11 is 1.46. The highest BCUT2D eigenvalue weighted by Crippen LogP contribution is 2.28. The number of hydrogen-bond acceptors (Lipinski definition) is 3. The average Bonchev–Trinajstić information content (AvgIpc) is 3.18. The van der Waals surface area contributed by atoms with Crippen LogP contribution in [0.1, 0.15) is 15.2 Å². The number of thiophene rings is 1. The second-order valence-corrected chi connectivity index (χ2v) is 6.59. The van der Waals surface area contributed by atoms with Crippen molar-refractivity contribution >= 4 is 17.2 Å². The predicted molar refractivity (Wildman–Crippen MR) is 107 cm³/mol. The number of ether oxygens (including phenoxy) is 1. The second-order valence-electron chi connectivity index (χ2n) is 5.67. The van der Waals surface area contributed by atoms with Gasteiger partial charge in [0.05, 0.1) is 4.88 Å². The molecule has 0 aliphatic carbocycles. The number of carbonyl (C=O) groups excluding carboxylic acids is 1. The first-order valence-corrected chi connectivity index (χ1v) is 9.22. The Kier molecular flexibility index (Phi) is 6.08. The summed E-state index contributed by atoms with van der Waals surface area (Å²) in [5.74, 6) is 3.16. The summed E-state index contributed by atoms with van der Waals surface area (Å²) in [4.78, 5) is 13.3. The smallest absolute Gasteiger partial charge is 0.261 e. The lowest BCUT2D eigenvalue weighted by molar-refractivity contribution is 0.0959. The van der Waals surface area contributed by atoms with Crippen LogP contribution in [0.15, 0.2) is 66.0 Å². The second kappa shape index (κ2) is 8.89. The highest BCUT2D eigenvalue weighted by molar-refractivity contribution is 7.12. The van der Waals surface area contributed by atoms with Gasteiger partial charge in [-0.3, -0.25) is 4.79 Å². The van der Waals surface area contributed by atoms with Crippen LogP contribution in [0.25, 0.3) is 11.1 Å². The van der Waals surface area contributed by atoms with E-state index in [0.717, 1.165) is 33.7 Å². The van der Waals surface area contributed by atoms with Gasteiger partial charge in [-0.15, -0.1) is 17.8 Å². The zero-order chi connectivity index (χ0) is 18.2. The number of amides is 1. The van der Waals surface area contributed by atoms with E-state index < -0.39 is 0 Å². The van der Waals surface area contributed by atoms with Gasteiger partial charge in [0.25, 0.3) is 5.91 Å². The summed E-state index contributed by atoms with van der Waals surface area (Å²) in [6, 6.07) is 19.7. The molecule has 0 fully saturated rings. The Labute approximate surface area is 157 Å². The van der Waals surface area contributed by atoms with Crippen LogP contribution < -0.4 is 10.1 Å². The van der Waals surface area contributed by atoms with Gasteiger partial charge in [-0.25, -0.2) is 0 Å². The van der Waals surface area contributed by atoms with Crippen LogP contribution >= 0.6 is 11.3 Å². The third-order valence-corrected chi connectivity index (χ3v) is 4.81. The van der Waals surface area contributed by atoms with Crippen molar-refractivity contribution in [2.45, 2.75) is 6.42 Å². The molecule has 0 aliphatic heterocycles. The molecular formula is C22H19NO2S. The molecular weight excluding hydrogens is 342 g/mol. The first kappa shape index (κ1) is 17.8. The van der Waals surface area contributed by atoms with Gasteiger partial charge in [-0.2, -0.15) is 0 Å². The number of rotatable bonds is 7. The molecule has 26 heavy (non-hydrogen) atoms. The van der Waals surface area contributed by atoms with Gasteiger partial charge in [0.1, 0.15) is 12.4 Å². The van der Waals surface area contributed by atoms with Crippen molar-refractivity contribution in [1.82, 2.24) is 5.32 Å². The maximum absolute atomic E-state index is 12.5. The van der Waals surface area contributed by atoms with Gasteiger partial charge >= 0.3 is 0 Å². The van der Waals surface area contributed by atoms with E-state index in [1.54, 1.807) is 0 Å². The van der Waals surface area contributed by atoms with E-state index in [2.05, 4.69) is 11.2 Å². The minimum absolute atomic E-state index is 0.0344. The molecule has 130 valence electrons. The van der Waals surface area contributed by atoms with Gasteiger partial charge in [-0.05, 0) is 41.1 Å². The Morgan fingerprint density at radius 3 is 2.58 bits per heavy atom. The molecule has 0 saturated carbocycles. The summed E-state index contributed by atoms with van der Waals surface area (Å²) < 4.78 is 5.35. The molecule has 3 rings (SSSR count). The molecule has 0 aliphatic rings. The largest absolute Gasteiger partial charge is 0.481 e. The quantitative estimate of drug-likeness (QED) is 0.634. The summed E-state index contributed by atoms with van der Waals surface area (Å²) in [6.45, 7) is 0.843. The molecule has 0 atom stereocenters. The minimum atomic E-state index is -0.0344. The zero-order valence-corrected chi connectivity index (χ0v) is 15.1. The first-order chi connectivity index (χ1) is 12.8. The van der Waals surface area contributed by atoms with Crippen LogP contribution in [-0.2, 0) is 6.42 Å². The maximum Gasteiger partial charge on any atom is 0.261 e. The third-order valence-electron chi connectivity index (χ3n) is 3.90. The van der Waals surface area contributed by atoms with E-state index in [1.807, 2.05) is 66.0 Å². The van der Waals surface area contributed by atoms with Gasteiger partial charge in [-0.1, -0.05) is 48.4 Å². The van der Waals surface area contributed by atoms with Crippen LogP contribution in [0.2, 0.25) is 0 Å². The molecule has 3 aromatic rings. The van der Waals surface area contributed by atoms with E-state index in [0.29, 0.717) is 6.54 Å². The number of terminal acetylenes is 1. The lowest BCUT2D eigenvalue weighted by Gasteiger charge is -2.07. The van der Waals surface area contributed by atoms with Crippen molar-refractivity contribution in [3.8, 4) is 29.2 Å². The van der Waals surface area contributed by atoms with E-state index in [4.69, 9.17) is 11.2 Å². The number of hydrogen-bond donors (Lipinski definition) is 1. The molecule has 0 bridgehead atoms. The predicted octanol–water partition coefficient (Wildman–Crippen LogP) is 4.40. The Morgan fingerprint density at radius 1 is 1.08 bits per heavy atom. The monoisotopic (exact) mass is 361 g/mol. The maximum atomic E-state index is 12.5. The number of benzene rings is 2. The molecule has 2 aromatic carbocycles. The summed E-state index contributed by atoms with van der Waals surface area (Å²) in [7, 11) is 0. The Balaban J connectivity index is 1.55. The highest BCUT2D eigenvalue weighted by atomic mass is 32.1. The van der Waals surface area contributed by atoms with Gasteiger partial charge in [0.2, 0.25) is 0 Å². The molecule has 1 aromatic heterocycles. The molecule has 1 amide bonds. The molecule has 0 unspecified atom stereocenters. The van der Waals surface area contributed by atoms with Crippen LogP contribution in [0, 0.1) is 12.3 Å². The van der Waals surface area contributed by atoms with E-state index in [-0.39, 0.29) is 12.5 Å². The van der Waals surface area contributed by atoms with Crippen molar-refractivity contribution in [1.29, 1.82) is 0 Å². The topological polar surface area (TPSA) is 38.3 Å². The van der Waals surface area contributed by atoms with Gasteiger partial charge < -0.3 is 10.1 Å². The summed E-state index contributed by atoms with van der Waals surface area (Å²) in [6.07, 6.45) is 5.93. The lowest BCUT2D eigenvalue weighted by atomic mass is 10.1. The number of nitrogens with one attached hydrogen (secondary N) is 1. The average molecular weight is 361 g/mol. The fourth-order valence-electron chi connectivity index (χ4n) is 2.61.